The SMILES string of the molecule is CCC(O)C/C=C/CC(C)C. The van der Waals surface area contributed by atoms with E-state index in [1.807, 2.05) is 6.92 Å². The minimum absolute atomic E-state index is 0.140. The molecule has 0 saturated heterocycles. The van der Waals surface area contributed by atoms with Crippen LogP contribution in [0.3, 0.4) is 0 Å². The molecule has 0 saturated carbocycles. The van der Waals surface area contributed by atoms with E-state index in [0.29, 0.717) is 0 Å². The molecule has 66 valence electrons. The zero-order chi connectivity index (χ0) is 8.69. The molecular formula is C10H20O. The van der Waals surface area contributed by atoms with E-state index in [1.54, 1.807) is 0 Å². The van der Waals surface area contributed by atoms with Gasteiger partial charge in [0.1, 0.15) is 0 Å². The van der Waals surface area contributed by atoms with Gasteiger partial charge in [-0.3, -0.25) is 0 Å². The van der Waals surface area contributed by atoms with Crippen molar-refractivity contribution in [2.24, 2.45) is 5.92 Å². The Bertz CT molecular complexity index is 105. The maximum atomic E-state index is 9.17. The van der Waals surface area contributed by atoms with E-state index < -0.39 is 0 Å². The van der Waals surface area contributed by atoms with Crippen molar-refractivity contribution in [2.75, 3.05) is 0 Å². The van der Waals surface area contributed by atoms with Crippen molar-refractivity contribution in [2.45, 2.75) is 46.1 Å². The molecule has 0 aromatic carbocycles. The first-order valence-corrected chi connectivity index (χ1v) is 4.49. The van der Waals surface area contributed by atoms with Crippen molar-refractivity contribution >= 4 is 0 Å². The van der Waals surface area contributed by atoms with Crippen LogP contribution in [0, 0.1) is 5.92 Å². The molecule has 0 amide bonds. The first-order chi connectivity index (χ1) is 5.16. The van der Waals surface area contributed by atoms with Crippen LogP contribution in [0.15, 0.2) is 12.2 Å². The average molecular weight is 156 g/mol. The predicted molar refractivity (Wildman–Crippen MR) is 49.5 cm³/mol. The van der Waals surface area contributed by atoms with E-state index in [0.717, 1.165) is 25.2 Å². The molecule has 0 spiro atoms. The highest BCUT2D eigenvalue weighted by molar-refractivity contribution is 4.84. The number of rotatable bonds is 5. The lowest BCUT2D eigenvalue weighted by Gasteiger charge is -2.02. The maximum absolute atomic E-state index is 9.17. The number of hydrogen-bond acceptors (Lipinski definition) is 1. The fourth-order valence-corrected chi connectivity index (χ4v) is 0.788. The molecule has 0 radical (unpaired) electrons. The second kappa shape index (κ2) is 6.41. The van der Waals surface area contributed by atoms with E-state index >= 15 is 0 Å². The van der Waals surface area contributed by atoms with Gasteiger partial charge in [0.05, 0.1) is 6.10 Å². The summed E-state index contributed by atoms with van der Waals surface area (Å²) in [4.78, 5) is 0. The van der Waals surface area contributed by atoms with Gasteiger partial charge in [-0.05, 0) is 25.2 Å². The van der Waals surface area contributed by atoms with E-state index in [-0.39, 0.29) is 6.10 Å². The van der Waals surface area contributed by atoms with E-state index in [4.69, 9.17) is 0 Å². The summed E-state index contributed by atoms with van der Waals surface area (Å²) in [7, 11) is 0. The summed E-state index contributed by atoms with van der Waals surface area (Å²) in [6, 6.07) is 0. The second-order valence-electron chi connectivity index (χ2n) is 3.40. The standard InChI is InChI=1S/C10H20O/c1-4-10(11)8-6-5-7-9(2)3/h5-6,9-11H,4,7-8H2,1-3H3/b6-5+. The van der Waals surface area contributed by atoms with E-state index in [1.165, 1.54) is 0 Å². The van der Waals surface area contributed by atoms with Gasteiger partial charge in [-0.25, -0.2) is 0 Å². The summed E-state index contributed by atoms with van der Waals surface area (Å²) in [6.45, 7) is 6.39. The van der Waals surface area contributed by atoms with Crippen LogP contribution in [0.2, 0.25) is 0 Å². The highest BCUT2D eigenvalue weighted by Gasteiger charge is 1.95. The molecule has 1 nitrogen and oxygen atoms in total. The molecule has 1 atom stereocenters. The highest BCUT2D eigenvalue weighted by Crippen LogP contribution is 2.03. The third-order valence-electron chi connectivity index (χ3n) is 1.65. The molecule has 11 heavy (non-hydrogen) atoms. The highest BCUT2D eigenvalue weighted by atomic mass is 16.3. The molecule has 0 bridgehead atoms. The van der Waals surface area contributed by atoms with Gasteiger partial charge in [0.15, 0.2) is 0 Å². The first kappa shape index (κ1) is 10.7. The molecule has 0 heterocycles. The fraction of sp³-hybridized carbons (Fsp3) is 0.800. The molecule has 0 rings (SSSR count). The number of aliphatic hydroxyl groups excluding tert-OH is 1. The van der Waals surface area contributed by atoms with Gasteiger partial charge in [-0.15, -0.1) is 0 Å². The van der Waals surface area contributed by atoms with Crippen molar-refractivity contribution in [1.29, 1.82) is 0 Å². The predicted octanol–water partition coefficient (Wildman–Crippen LogP) is 2.75. The van der Waals surface area contributed by atoms with Crippen LogP contribution in [0.5, 0.6) is 0 Å². The van der Waals surface area contributed by atoms with Crippen LogP contribution in [0.25, 0.3) is 0 Å². The Hall–Kier alpha value is -0.300. The minimum Gasteiger partial charge on any atom is -0.393 e. The Morgan fingerprint density at radius 1 is 1.18 bits per heavy atom. The monoisotopic (exact) mass is 156 g/mol. The summed E-state index contributed by atoms with van der Waals surface area (Å²) >= 11 is 0. The van der Waals surface area contributed by atoms with Crippen molar-refractivity contribution in [3.8, 4) is 0 Å². The summed E-state index contributed by atoms with van der Waals surface area (Å²) in [5, 5.41) is 9.17. The van der Waals surface area contributed by atoms with Crippen molar-refractivity contribution in [1.82, 2.24) is 0 Å². The minimum atomic E-state index is -0.140. The Morgan fingerprint density at radius 3 is 2.18 bits per heavy atom. The van der Waals surface area contributed by atoms with Gasteiger partial charge >= 0.3 is 0 Å². The molecule has 0 fully saturated rings. The lowest BCUT2D eigenvalue weighted by Crippen LogP contribution is -2.01. The summed E-state index contributed by atoms with van der Waals surface area (Å²) < 4.78 is 0. The quantitative estimate of drug-likeness (QED) is 0.607. The van der Waals surface area contributed by atoms with Gasteiger partial charge < -0.3 is 5.11 Å². The molecule has 0 aliphatic rings. The number of hydrogen-bond donors (Lipinski definition) is 1. The largest absolute Gasteiger partial charge is 0.393 e. The van der Waals surface area contributed by atoms with Gasteiger partial charge in [0, 0.05) is 0 Å². The van der Waals surface area contributed by atoms with Crippen LogP contribution < -0.4 is 0 Å². The first-order valence-electron chi connectivity index (χ1n) is 4.49. The zero-order valence-electron chi connectivity index (χ0n) is 7.88. The Labute approximate surface area is 70.1 Å². The Balaban J connectivity index is 3.29. The lowest BCUT2D eigenvalue weighted by atomic mass is 10.1. The van der Waals surface area contributed by atoms with E-state index in [9.17, 15) is 5.11 Å². The molecule has 0 aromatic rings. The summed E-state index contributed by atoms with van der Waals surface area (Å²) in [5.74, 6) is 0.727. The fourth-order valence-electron chi connectivity index (χ4n) is 0.788. The molecule has 0 aliphatic heterocycles. The number of allylic oxidation sites excluding steroid dienone is 1. The van der Waals surface area contributed by atoms with Gasteiger partial charge in [-0.2, -0.15) is 0 Å². The van der Waals surface area contributed by atoms with Crippen LogP contribution in [-0.2, 0) is 0 Å². The average Bonchev–Trinajstić information content (AvgIpc) is 1.97. The lowest BCUT2D eigenvalue weighted by molar-refractivity contribution is 0.173. The van der Waals surface area contributed by atoms with Crippen molar-refractivity contribution < 1.29 is 5.11 Å². The van der Waals surface area contributed by atoms with Crippen LogP contribution in [-0.4, -0.2) is 11.2 Å². The third-order valence-corrected chi connectivity index (χ3v) is 1.65. The van der Waals surface area contributed by atoms with Crippen LogP contribution in [0.4, 0.5) is 0 Å². The van der Waals surface area contributed by atoms with Gasteiger partial charge in [0.2, 0.25) is 0 Å². The summed E-state index contributed by atoms with van der Waals surface area (Å²) in [6.07, 6.45) is 6.88. The molecule has 1 unspecified atom stereocenters. The molecule has 1 heteroatoms. The zero-order valence-corrected chi connectivity index (χ0v) is 7.88. The Kier molecular flexibility index (Phi) is 6.24. The second-order valence-corrected chi connectivity index (χ2v) is 3.40. The van der Waals surface area contributed by atoms with Gasteiger partial charge in [0.25, 0.3) is 0 Å². The third kappa shape index (κ3) is 7.60. The Morgan fingerprint density at radius 2 is 1.73 bits per heavy atom. The molecule has 0 aromatic heterocycles. The van der Waals surface area contributed by atoms with E-state index in [2.05, 4.69) is 26.0 Å². The number of aliphatic hydroxyl groups is 1. The van der Waals surface area contributed by atoms with Gasteiger partial charge in [-0.1, -0.05) is 32.9 Å². The molecule has 1 N–H and O–H groups in total. The normalized spacial score (nSPS) is 14.6. The van der Waals surface area contributed by atoms with Crippen LogP contribution >= 0.6 is 0 Å². The smallest absolute Gasteiger partial charge is 0.0572 e. The summed E-state index contributed by atoms with van der Waals surface area (Å²) in [5.41, 5.74) is 0. The van der Waals surface area contributed by atoms with Crippen LogP contribution in [0.1, 0.15) is 40.0 Å². The van der Waals surface area contributed by atoms with Crippen molar-refractivity contribution in [3.05, 3.63) is 12.2 Å². The maximum Gasteiger partial charge on any atom is 0.0572 e. The molecule has 0 aliphatic carbocycles. The van der Waals surface area contributed by atoms with Crippen molar-refractivity contribution in [3.63, 3.8) is 0 Å². The molecular weight excluding hydrogens is 136 g/mol. The topological polar surface area (TPSA) is 20.2 Å².